The van der Waals surface area contributed by atoms with Gasteiger partial charge >= 0.3 is 0 Å². The number of hydrogen-bond donors (Lipinski definition) is 1. The van der Waals surface area contributed by atoms with Gasteiger partial charge in [-0.1, -0.05) is 6.07 Å². The molecule has 1 aliphatic rings. The normalized spacial score (nSPS) is 14.8. The van der Waals surface area contributed by atoms with Gasteiger partial charge in [-0.3, -0.25) is 0 Å². The zero-order valence-corrected chi connectivity index (χ0v) is 12.7. The van der Waals surface area contributed by atoms with E-state index >= 15 is 0 Å². The van der Waals surface area contributed by atoms with Gasteiger partial charge in [0, 0.05) is 33.3 Å². The first kappa shape index (κ1) is 15.1. The Balaban J connectivity index is 2.02. The van der Waals surface area contributed by atoms with Crippen LogP contribution in [-0.2, 0) is 11.3 Å². The molecule has 0 spiro atoms. The molecular weight excluding hydrogens is 252 g/mol. The molecule has 0 aliphatic carbocycles. The lowest BCUT2D eigenvalue weighted by atomic mass is 10.1. The summed E-state index contributed by atoms with van der Waals surface area (Å²) < 4.78 is 10.9. The molecule has 112 valence electrons. The molecule has 4 nitrogen and oxygen atoms in total. The second-order valence-corrected chi connectivity index (χ2v) is 5.10. The summed E-state index contributed by atoms with van der Waals surface area (Å²) in [7, 11) is 1.72. The second kappa shape index (κ2) is 8.12. The van der Waals surface area contributed by atoms with Crippen molar-refractivity contribution in [3.63, 3.8) is 0 Å². The number of rotatable bonds is 8. The van der Waals surface area contributed by atoms with Crippen LogP contribution in [0.5, 0.6) is 5.75 Å². The summed E-state index contributed by atoms with van der Waals surface area (Å²) in [4.78, 5) is 2.42. The van der Waals surface area contributed by atoms with E-state index < -0.39 is 0 Å². The maximum Gasteiger partial charge on any atom is 0.142 e. The molecule has 1 aromatic rings. The smallest absolute Gasteiger partial charge is 0.142 e. The number of ether oxygens (including phenoxy) is 2. The molecule has 1 fully saturated rings. The van der Waals surface area contributed by atoms with E-state index in [-0.39, 0.29) is 0 Å². The van der Waals surface area contributed by atoms with Gasteiger partial charge in [0.25, 0.3) is 0 Å². The van der Waals surface area contributed by atoms with E-state index in [1.807, 2.05) is 6.92 Å². The molecule has 20 heavy (non-hydrogen) atoms. The monoisotopic (exact) mass is 278 g/mol. The Morgan fingerprint density at radius 2 is 2.05 bits per heavy atom. The second-order valence-electron chi connectivity index (χ2n) is 5.10. The van der Waals surface area contributed by atoms with Gasteiger partial charge in [0.15, 0.2) is 0 Å². The third-order valence-electron chi connectivity index (χ3n) is 3.58. The van der Waals surface area contributed by atoms with Crippen molar-refractivity contribution in [1.82, 2.24) is 5.32 Å². The van der Waals surface area contributed by atoms with Crippen LogP contribution in [0.3, 0.4) is 0 Å². The van der Waals surface area contributed by atoms with Crippen molar-refractivity contribution in [1.29, 1.82) is 0 Å². The molecule has 1 N–H and O–H groups in total. The van der Waals surface area contributed by atoms with Crippen LogP contribution in [0.1, 0.15) is 25.3 Å². The van der Waals surface area contributed by atoms with Gasteiger partial charge in [0.2, 0.25) is 0 Å². The van der Waals surface area contributed by atoms with Gasteiger partial charge < -0.3 is 19.7 Å². The van der Waals surface area contributed by atoms with Crippen molar-refractivity contribution in [3.05, 3.63) is 23.8 Å². The highest BCUT2D eigenvalue weighted by atomic mass is 16.5. The van der Waals surface area contributed by atoms with Gasteiger partial charge in [0.05, 0.1) is 18.9 Å². The molecule has 0 unspecified atom stereocenters. The largest absolute Gasteiger partial charge is 0.492 e. The summed E-state index contributed by atoms with van der Waals surface area (Å²) in [6, 6.07) is 6.55. The maximum atomic E-state index is 5.82. The molecule has 4 heteroatoms. The minimum absolute atomic E-state index is 0.710. The van der Waals surface area contributed by atoms with Gasteiger partial charge in [-0.15, -0.1) is 0 Å². The van der Waals surface area contributed by atoms with E-state index in [4.69, 9.17) is 9.47 Å². The fourth-order valence-electron chi connectivity index (χ4n) is 2.57. The highest BCUT2D eigenvalue weighted by molar-refractivity contribution is 5.60. The van der Waals surface area contributed by atoms with Crippen LogP contribution in [0.4, 0.5) is 5.69 Å². The lowest BCUT2D eigenvalue weighted by Crippen LogP contribution is -2.20. The van der Waals surface area contributed by atoms with Crippen molar-refractivity contribution >= 4 is 5.69 Å². The molecule has 1 aromatic carbocycles. The van der Waals surface area contributed by atoms with E-state index in [2.05, 4.69) is 28.4 Å². The Hall–Kier alpha value is -1.26. The Bertz CT molecular complexity index is 403. The number of nitrogens with zero attached hydrogens (tertiary/aromatic N) is 1. The summed E-state index contributed by atoms with van der Waals surface area (Å²) in [5, 5.41) is 3.37. The molecule has 1 aliphatic heterocycles. The number of benzene rings is 1. The summed E-state index contributed by atoms with van der Waals surface area (Å²) >= 11 is 0. The van der Waals surface area contributed by atoms with E-state index in [9.17, 15) is 0 Å². The van der Waals surface area contributed by atoms with Crippen molar-refractivity contribution in [2.75, 3.05) is 44.9 Å². The van der Waals surface area contributed by atoms with E-state index in [1.165, 1.54) is 24.1 Å². The fraction of sp³-hybridized carbons (Fsp3) is 0.625. The Morgan fingerprint density at radius 3 is 2.75 bits per heavy atom. The molecule has 0 atom stereocenters. The molecule has 0 amide bonds. The minimum Gasteiger partial charge on any atom is -0.492 e. The lowest BCUT2D eigenvalue weighted by molar-refractivity contribution is 0.199. The van der Waals surface area contributed by atoms with Crippen LogP contribution in [-0.4, -0.2) is 40.0 Å². The number of methoxy groups -OCH3 is 1. The molecular formula is C16H26N2O2. The van der Waals surface area contributed by atoms with Gasteiger partial charge in [0.1, 0.15) is 5.75 Å². The molecule has 0 aromatic heterocycles. The first-order chi connectivity index (χ1) is 9.85. The van der Waals surface area contributed by atoms with Gasteiger partial charge in [-0.25, -0.2) is 0 Å². The molecule has 2 rings (SSSR count). The summed E-state index contributed by atoms with van der Waals surface area (Å²) in [5.41, 5.74) is 2.50. The SMILES string of the molecule is CCOc1cc(CNCCOC)ccc1N1CCCC1. The van der Waals surface area contributed by atoms with E-state index in [1.54, 1.807) is 7.11 Å². The Kier molecular flexibility index (Phi) is 6.15. The molecule has 0 bridgehead atoms. The summed E-state index contributed by atoms with van der Waals surface area (Å²) in [6.45, 7) is 7.50. The van der Waals surface area contributed by atoms with Crippen LogP contribution >= 0.6 is 0 Å². The number of hydrogen-bond acceptors (Lipinski definition) is 4. The molecule has 1 saturated heterocycles. The minimum atomic E-state index is 0.710. The molecule has 0 saturated carbocycles. The average molecular weight is 278 g/mol. The average Bonchev–Trinajstić information content (AvgIpc) is 2.98. The van der Waals surface area contributed by atoms with Crippen LogP contribution in [0.2, 0.25) is 0 Å². The van der Waals surface area contributed by atoms with Crippen LogP contribution < -0.4 is 15.0 Å². The lowest BCUT2D eigenvalue weighted by Gasteiger charge is -2.22. The van der Waals surface area contributed by atoms with Gasteiger partial charge in [-0.05, 0) is 37.5 Å². The van der Waals surface area contributed by atoms with Crippen LogP contribution in [0.15, 0.2) is 18.2 Å². The molecule has 0 radical (unpaired) electrons. The van der Waals surface area contributed by atoms with Gasteiger partial charge in [-0.2, -0.15) is 0 Å². The quantitative estimate of drug-likeness (QED) is 0.741. The Morgan fingerprint density at radius 1 is 1.25 bits per heavy atom. The van der Waals surface area contributed by atoms with Crippen molar-refractivity contribution < 1.29 is 9.47 Å². The zero-order valence-electron chi connectivity index (χ0n) is 12.7. The Labute approximate surface area is 122 Å². The van der Waals surface area contributed by atoms with Crippen LogP contribution in [0.25, 0.3) is 0 Å². The number of anilines is 1. The van der Waals surface area contributed by atoms with Crippen molar-refractivity contribution in [2.45, 2.75) is 26.3 Å². The number of nitrogens with one attached hydrogen (secondary N) is 1. The standard InChI is InChI=1S/C16H26N2O2/c1-3-20-16-12-14(13-17-8-11-19-2)6-7-15(16)18-9-4-5-10-18/h6-7,12,17H,3-5,8-11,13H2,1-2H3. The fourth-order valence-corrected chi connectivity index (χ4v) is 2.57. The summed E-state index contributed by atoms with van der Waals surface area (Å²) in [5.74, 6) is 1.01. The maximum absolute atomic E-state index is 5.82. The zero-order chi connectivity index (χ0) is 14.2. The first-order valence-corrected chi connectivity index (χ1v) is 7.55. The van der Waals surface area contributed by atoms with Crippen LogP contribution in [0, 0.1) is 0 Å². The topological polar surface area (TPSA) is 33.7 Å². The highest BCUT2D eigenvalue weighted by Crippen LogP contribution is 2.32. The predicted molar refractivity (Wildman–Crippen MR) is 82.6 cm³/mol. The van der Waals surface area contributed by atoms with E-state index in [0.29, 0.717) is 6.61 Å². The first-order valence-electron chi connectivity index (χ1n) is 7.55. The predicted octanol–water partition coefficient (Wildman–Crippen LogP) is 2.42. The summed E-state index contributed by atoms with van der Waals surface area (Å²) in [6.07, 6.45) is 2.57. The van der Waals surface area contributed by atoms with Crippen molar-refractivity contribution in [2.24, 2.45) is 0 Å². The highest BCUT2D eigenvalue weighted by Gasteiger charge is 2.16. The third-order valence-corrected chi connectivity index (χ3v) is 3.58. The van der Waals surface area contributed by atoms with Crippen molar-refractivity contribution in [3.8, 4) is 5.75 Å². The molecule has 1 heterocycles. The third kappa shape index (κ3) is 4.12. The van der Waals surface area contributed by atoms with E-state index in [0.717, 1.165) is 38.5 Å².